The zero-order valence-corrected chi connectivity index (χ0v) is 25.2. The Bertz CT molecular complexity index is 1490. The molecular weight excluding hydrogens is 614 g/mol. The van der Waals surface area contributed by atoms with Crippen molar-refractivity contribution >= 4 is 51.0 Å². The van der Waals surface area contributed by atoms with Gasteiger partial charge >= 0.3 is 10.3 Å². The highest BCUT2D eigenvalue weighted by Gasteiger charge is 2.52. The molecule has 0 radical (unpaired) electrons. The number of likely N-dealkylation sites (tertiary alicyclic amines) is 1. The zero-order valence-electron chi connectivity index (χ0n) is 22.8. The highest BCUT2D eigenvalue weighted by Crippen LogP contribution is 2.36. The first-order chi connectivity index (χ1) is 19.6. The fourth-order valence-electron chi connectivity index (χ4n) is 5.41. The zero-order chi connectivity index (χ0) is 31.0. The monoisotopic (exact) mass is 646 g/mol. The summed E-state index contributed by atoms with van der Waals surface area (Å²) >= 11 is 7.19. The summed E-state index contributed by atoms with van der Waals surface area (Å²) in [5.74, 6) is -2.72. The van der Waals surface area contributed by atoms with Crippen molar-refractivity contribution in [2.24, 2.45) is 5.73 Å². The average molecular weight is 647 g/mol. The van der Waals surface area contributed by atoms with Crippen LogP contribution in [0.3, 0.4) is 0 Å². The van der Waals surface area contributed by atoms with Gasteiger partial charge in [-0.15, -0.1) is 11.3 Å². The van der Waals surface area contributed by atoms with E-state index >= 15 is 0 Å². The molecule has 1 aromatic heterocycles. The Morgan fingerprint density at radius 1 is 1.29 bits per heavy atom. The number of aromatic hydroxyl groups is 2. The van der Waals surface area contributed by atoms with Crippen LogP contribution in [-0.2, 0) is 15.1 Å². The number of phenolic OH excluding ortho intramolecular Hbond substituents is 2. The molecule has 1 aromatic carbocycles. The van der Waals surface area contributed by atoms with Gasteiger partial charge in [0.25, 0.3) is 17.7 Å². The van der Waals surface area contributed by atoms with Crippen LogP contribution >= 0.6 is 22.9 Å². The van der Waals surface area contributed by atoms with Gasteiger partial charge in [-0.1, -0.05) is 11.6 Å². The number of nitrogens with one attached hydrogen (secondary N) is 3. The fourth-order valence-corrected chi connectivity index (χ4v) is 7.50. The predicted molar refractivity (Wildman–Crippen MR) is 153 cm³/mol. The quantitative estimate of drug-likeness (QED) is 0.0694. The first-order valence-electron chi connectivity index (χ1n) is 12.9. The van der Waals surface area contributed by atoms with Gasteiger partial charge in [0.05, 0.1) is 61.5 Å². The van der Waals surface area contributed by atoms with Crippen molar-refractivity contribution < 1.29 is 42.1 Å². The highest BCUT2D eigenvalue weighted by molar-refractivity contribution is 7.84. The largest absolute Gasteiger partial charge is 0.504 e. The van der Waals surface area contributed by atoms with Crippen LogP contribution in [0.1, 0.15) is 37.4 Å². The Kier molecular flexibility index (Phi) is 9.31. The lowest BCUT2D eigenvalue weighted by Crippen LogP contribution is -2.73. The fraction of sp³-hybridized carbons (Fsp3) is 0.500. The van der Waals surface area contributed by atoms with Gasteiger partial charge in [-0.3, -0.25) is 18.9 Å². The van der Waals surface area contributed by atoms with Gasteiger partial charge in [0.1, 0.15) is 15.9 Å². The maximum Gasteiger partial charge on any atom is 0.362 e. The summed E-state index contributed by atoms with van der Waals surface area (Å²) in [5.41, 5.74) is 6.34. The second kappa shape index (κ2) is 12.3. The number of carbonyl (C=O) groups is 3. The number of β-lactam (4-membered cyclic amide) rings is 1. The van der Waals surface area contributed by atoms with Crippen molar-refractivity contribution in [3.63, 3.8) is 0 Å². The molecule has 0 saturated carbocycles. The number of amides is 3. The molecule has 15 nitrogen and oxygen atoms in total. The van der Waals surface area contributed by atoms with E-state index in [0.717, 1.165) is 18.0 Å². The molecule has 5 unspecified atom stereocenters. The SMILES string of the molecule is CNC1C(=O)N(S(=O)(=O)O)C1CNC(=O)c1cnc(C2CC[N+](C)(CC(N)CNC(=O)c3ccc(O)c(O)c3Cl)C2)s1. The number of carbonyl (C=O) groups excluding carboxylic acids is 3. The van der Waals surface area contributed by atoms with E-state index in [2.05, 4.69) is 28.0 Å². The summed E-state index contributed by atoms with van der Waals surface area (Å²) in [6.07, 6.45) is 2.26. The summed E-state index contributed by atoms with van der Waals surface area (Å²) in [6, 6.07) is 0.286. The number of nitrogens with zero attached hydrogens (tertiary/aromatic N) is 3. The number of hydrogen-bond donors (Lipinski definition) is 7. The third kappa shape index (κ3) is 6.61. The molecule has 18 heteroatoms. The number of nitrogens with two attached hydrogens (primary N) is 1. The van der Waals surface area contributed by atoms with Gasteiger partial charge in [-0.2, -0.15) is 8.42 Å². The van der Waals surface area contributed by atoms with Crippen LogP contribution in [0.25, 0.3) is 0 Å². The number of hydrogen-bond acceptors (Lipinski definition) is 11. The van der Waals surface area contributed by atoms with Crippen molar-refractivity contribution in [1.82, 2.24) is 25.2 Å². The summed E-state index contributed by atoms with van der Waals surface area (Å²) in [4.78, 5) is 42.0. The Morgan fingerprint density at radius 2 is 2.00 bits per heavy atom. The Hall–Kier alpha value is -3.06. The number of phenols is 2. The normalized spacial score (nSPS) is 24.7. The van der Waals surface area contributed by atoms with Gasteiger partial charge < -0.3 is 36.4 Å². The molecule has 2 aliphatic rings. The lowest BCUT2D eigenvalue weighted by molar-refractivity contribution is -0.898. The van der Waals surface area contributed by atoms with Crippen LogP contribution in [0.5, 0.6) is 11.5 Å². The second-order valence-corrected chi connectivity index (χ2v) is 13.4. The first-order valence-corrected chi connectivity index (χ1v) is 15.5. The third-order valence-electron chi connectivity index (χ3n) is 7.52. The number of thiazole rings is 1. The van der Waals surface area contributed by atoms with Crippen LogP contribution < -0.4 is 21.7 Å². The molecule has 2 saturated heterocycles. The van der Waals surface area contributed by atoms with Crippen LogP contribution in [-0.4, -0.2) is 120 Å². The van der Waals surface area contributed by atoms with E-state index in [9.17, 15) is 37.6 Å². The van der Waals surface area contributed by atoms with Gasteiger partial charge in [0, 0.05) is 19.5 Å². The molecule has 42 heavy (non-hydrogen) atoms. The standard InChI is InChI=1S/C24H32ClN7O8S2/c1-27-19-15(31(24(19)37)42(38,39)40)8-29-22(36)17-9-30-23(41-17)12-5-6-32(2,10-12)11-13(26)7-28-21(35)14-3-4-16(33)20(34)18(14)25/h3-4,9,12-13,15,19,27H,5-8,10-11,26H2,1-2H3,(H4-,28,29,33,34,35,36,38,39,40)/p+1. The second-order valence-electron chi connectivity index (χ2n) is 10.7. The number of aromatic nitrogens is 1. The number of quaternary nitrogens is 1. The van der Waals surface area contributed by atoms with E-state index in [1.807, 2.05) is 0 Å². The van der Waals surface area contributed by atoms with Crippen LogP contribution in [0, 0.1) is 0 Å². The smallest absolute Gasteiger partial charge is 0.362 e. The Labute approximate surface area is 251 Å². The first kappa shape index (κ1) is 31.9. The molecule has 2 fully saturated rings. The topological polar surface area (TPSA) is 224 Å². The summed E-state index contributed by atoms with van der Waals surface area (Å²) in [5, 5.41) is 27.8. The molecule has 0 spiro atoms. The number of halogens is 1. The van der Waals surface area contributed by atoms with Crippen molar-refractivity contribution in [2.45, 2.75) is 30.5 Å². The maximum absolute atomic E-state index is 12.7. The Balaban J connectivity index is 1.28. The van der Waals surface area contributed by atoms with Crippen LogP contribution in [0.4, 0.5) is 0 Å². The Morgan fingerprint density at radius 3 is 2.67 bits per heavy atom. The van der Waals surface area contributed by atoms with Crippen molar-refractivity contribution in [2.75, 3.05) is 46.8 Å². The molecule has 8 N–H and O–H groups in total. The molecule has 0 bridgehead atoms. The van der Waals surface area contributed by atoms with Crippen LogP contribution in [0.15, 0.2) is 18.3 Å². The van der Waals surface area contributed by atoms with E-state index in [1.165, 1.54) is 36.7 Å². The third-order valence-corrected chi connectivity index (χ3v) is 10.0. The molecule has 5 atom stereocenters. The molecule has 0 aliphatic carbocycles. The lowest BCUT2D eigenvalue weighted by atomic mass is 9.99. The van der Waals surface area contributed by atoms with E-state index in [4.69, 9.17) is 17.3 Å². The molecule has 3 amide bonds. The number of benzene rings is 1. The summed E-state index contributed by atoms with van der Waals surface area (Å²) < 4.78 is 33.3. The molecular formula is C24H33ClN7O8S2+. The molecule has 4 rings (SSSR count). The van der Waals surface area contributed by atoms with Gasteiger partial charge in [-0.25, -0.2) is 9.29 Å². The lowest BCUT2D eigenvalue weighted by Gasteiger charge is -2.43. The van der Waals surface area contributed by atoms with Crippen LogP contribution in [0.2, 0.25) is 5.02 Å². The maximum atomic E-state index is 12.7. The van der Waals surface area contributed by atoms with Crippen molar-refractivity contribution in [3.8, 4) is 11.5 Å². The van der Waals surface area contributed by atoms with E-state index < -0.39 is 51.6 Å². The van der Waals surface area contributed by atoms with E-state index in [0.29, 0.717) is 26.8 Å². The van der Waals surface area contributed by atoms with Crippen molar-refractivity contribution in [1.29, 1.82) is 0 Å². The predicted octanol–water partition coefficient (Wildman–Crippen LogP) is -0.770. The minimum atomic E-state index is -4.74. The summed E-state index contributed by atoms with van der Waals surface area (Å²) in [7, 11) is -1.21. The minimum absolute atomic E-state index is 0.0168. The van der Waals surface area contributed by atoms with E-state index in [-0.39, 0.29) is 35.6 Å². The number of rotatable bonds is 11. The minimum Gasteiger partial charge on any atom is -0.504 e. The van der Waals surface area contributed by atoms with Gasteiger partial charge in [0.2, 0.25) is 0 Å². The molecule has 2 aromatic rings. The summed E-state index contributed by atoms with van der Waals surface area (Å²) in [6.45, 7) is 2.05. The molecule has 2 aliphatic heterocycles. The number of likely N-dealkylation sites (N-methyl/N-ethyl adjacent to an activating group) is 2. The molecule has 3 heterocycles. The molecule has 230 valence electrons. The average Bonchev–Trinajstić information content (AvgIpc) is 3.55. The van der Waals surface area contributed by atoms with Gasteiger partial charge in [0.15, 0.2) is 11.5 Å². The highest BCUT2D eigenvalue weighted by atomic mass is 35.5. The van der Waals surface area contributed by atoms with Gasteiger partial charge in [-0.05, 0) is 19.2 Å². The van der Waals surface area contributed by atoms with E-state index in [1.54, 1.807) is 0 Å². The van der Waals surface area contributed by atoms with Crippen molar-refractivity contribution in [3.05, 3.63) is 38.8 Å².